The maximum absolute atomic E-state index is 12.6. The highest BCUT2D eigenvalue weighted by molar-refractivity contribution is 6.07. The summed E-state index contributed by atoms with van der Waals surface area (Å²) < 4.78 is 3.24. The zero-order valence-corrected chi connectivity index (χ0v) is 11.3. The van der Waals surface area contributed by atoms with Crippen LogP contribution in [0.4, 0.5) is 0 Å². The molecule has 0 atom stereocenters. The topological polar surface area (TPSA) is 52.7 Å². The minimum atomic E-state index is -0.0885. The lowest BCUT2D eigenvalue weighted by Gasteiger charge is -2.06. The van der Waals surface area contributed by atoms with E-state index in [1.54, 1.807) is 34.7 Å². The lowest BCUT2D eigenvalue weighted by molar-refractivity contribution is 0.102. The van der Waals surface area contributed by atoms with E-state index < -0.39 is 0 Å². The van der Waals surface area contributed by atoms with Gasteiger partial charge in [-0.25, -0.2) is 4.68 Å². The monoisotopic (exact) mass is 266 g/mol. The number of aryl methyl sites for hydroxylation is 2. The Labute approximate surface area is 116 Å². The molecular formula is C15H14N4O. The molecule has 0 saturated carbocycles. The van der Waals surface area contributed by atoms with E-state index in [0.29, 0.717) is 11.4 Å². The molecule has 0 unspecified atom stereocenters. The van der Waals surface area contributed by atoms with Crippen molar-refractivity contribution < 1.29 is 4.79 Å². The summed E-state index contributed by atoms with van der Waals surface area (Å²) in [5.74, 6) is -0.0885. The third-order valence-electron chi connectivity index (χ3n) is 3.11. The summed E-state index contributed by atoms with van der Waals surface area (Å²) in [6, 6.07) is 13.1. The average molecular weight is 266 g/mol. The molecular weight excluding hydrogens is 252 g/mol. The lowest BCUT2D eigenvalue weighted by Crippen LogP contribution is -2.13. The molecule has 3 rings (SSSR count). The Kier molecular flexibility index (Phi) is 2.95. The summed E-state index contributed by atoms with van der Waals surface area (Å²) in [6.07, 6.45) is 1.63. The summed E-state index contributed by atoms with van der Waals surface area (Å²) in [4.78, 5) is 12.6. The van der Waals surface area contributed by atoms with E-state index in [-0.39, 0.29) is 5.78 Å². The van der Waals surface area contributed by atoms with Gasteiger partial charge in [-0.3, -0.25) is 9.48 Å². The van der Waals surface area contributed by atoms with Gasteiger partial charge in [0.2, 0.25) is 5.78 Å². The van der Waals surface area contributed by atoms with Crippen LogP contribution in [-0.4, -0.2) is 25.3 Å². The zero-order chi connectivity index (χ0) is 14.1. The van der Waals surface area contributed by atoms with Crippen molar-refractivity contribution in [3.63, 3.8) is 0 Å². The van der Waals surface area contributed by atoms with Gasteiger partial charge >= 0.3 is 0 Å². The highest BCUT2D eigenvalue weighted by atomic mass is 16.1. The van der Waals surface area contributed by atoms with Crippen molar-refractivity contribution in [1.82, 2.24) is 19.6 Å². The molecule has 1 aromatic carbocycles. The van der Waals surface area contributed by atoms with Crippen molar-refractivity contribution in [3.05, 3.63) is 65.7 Å². The van der Waals surface area contributed by atoms with Crippen molar-refractivity contribution in [3.8, 4) is 5.69 Å². The fraction of sp³-hybridized carbons (Fsp3) is 0.133. The molecule has 0 aliphatic heterocycles. The van der Waals surface area contributed by atoms with Crippen LogP contribution in [0.3, 0.4) is 0 Å². The van der Waals surface area contributed by atoms with Crippen molar-refractivity contribution >= 4 is 5.78 Å². The first-order valence-corrected chi connectivity index (χ1v) is 6.31. The molecule has 2 aromatic heterocycles. The Morgan fingerprint density at radius 1 is 1.10 bits per heavy atom. The van der Waals surface area contributed by atoms with Gasteiger partial charge in [0.05, 0.1) is 17.6 Å². The quantitative estimate of drug-likeness (QED) is 0.682. The summed E-state index contributed by atoms with van der Waals surface area (Å²) in [5, 5.41) is 8.45. The van der Waals surface area contributed by atoms with Gasteiger partial charge in [-0.15, -0.1) is 0 Å². The highest BCUT2D eigenvalue weighted by Gasteiger charge is 2.19. The van der Waals surface area contributed by atoms with E-state index in [1.807, 2.05) is 37.3 Å². The number of nitrogens with zero attached hydrogens (tertiary/aromatic N) is 4. The Morgan fingerprint density at radius 3 is 2.50 bits per heavy atom. The molecule has 5 nitrogen and oxygen atoms in total. The van der Waals surface area contributed by atoms with Crippen LogP contribution in [0.25, 0.3) is 5.69 Å². The number of carbonyl (C=O) groups excluding carboxylic acids is 1. The van der Waals surface area contributed by atoms with Gasteiger partial charge in [-0.2, -0.15) is 10.2 Å². The fourth-order valence-corrected chi connectivity index (χ4v) is 2.20. The van der Waals surface area contributed by atoms with Gasteiger partial charge in [0.1, 0.15) is 11.4 Å². The molecule has 5 heteroatoms. The van der Waals surface area contributed by atoms with Crippen LogP contribution in [0.5, 0.6) is 0 Å². The van der Waals surface area contributed by atoms with Crippen molar-refractivity contribution in [2.75, 3.05) is 0 Å². The number of ketones is 1. The van der Waals surface area contributed by atoms with Gasteiger partial charge in [0.15, 0.2) is 0 Å². The number of hydrogen-bond donors (Lipinski definition) is 0. The lowest BCUT2D eigenvalue weighted by atomic mass is 10.2. The number of aromatic nitrogens is 4. The summed E-state index contributed by atoms with van der Waals surface area (Å²) >= 11 is 0. The molecule has 0 fully saturated rings. The van der Waals surface area contributed by atoms with Crippen molar-refractivity contribution in [1.29, 1.82) is 0 Å². The van der Waals surface area contributed by atoms with Crippen LogP contribution >= 0.6 is 0 Å². The number of rotatable bonds is 3. The van der Waals surface area contributed by atoms with Gasteiger partial charge < -0.3 is 0 Å². The predicted molar refractivity (Wildman–Crippen MR) is 74.9 cm³/mol. The standard InChI is InChI=1S/C15H14N4O/c1-11-10-14(18(2)17-11)15(20)13-8-9-16-19(13)12-6-4-3-5-7-12/h3-10H,1-2H3. The van der Waals surface area contributed by atoms with Gasteiger partial charge in [0.25, 0.3) is 0 Å². The van der Waals surface area contributed by atoms with Crippen molar-refractivity contribution in [2.45, 2.75) is 6.92 Å². The smallest absolute Gasteiger partial charge is 0.229 e. The summed E-state index contributed by atoms with van der Waals surface area (Å²) in [6.45, 7) is 1.87. The summed E-state index contributed by atoms with van der Waals surface area (Å²) in [5.41, 5.74) is 2.76. The van der Waals surface area contributed by atoms with Crippen LogP contribution in [-0.2, 0) is 7.05 Å². The number of benzene rings is 1. The maximum atomic E-state index is 12.6. The largest absolute Gasteiger partial charge is 0.285 e. The number of carbonyl (C=O) groups is 1. The molecule has 0 radical (unpaired) electrons. The molecule has 0 amide bonds. The number of hydrogen-bond acceptors (Lipinski definition) is 3. The molecule has 3 aromatic rings. The molecule has 0 aliphatic carbocycles. The maximum Gasteiger partial charge on any atom is 0.229 e. The normalized spacial score (nSPS) is 10.7. The van der Waals surface area contributed by atoms with Crippen LogP contribution in [0, 0.1) is 6.92 Å². The minimum Gasteiger partial charge on any atom is -0.285 e. The Morgan fingerprint density at radius 2 is 1.85 bits per heavy atom. The third-order valence-corrected chi connectivity index (χ3v) is 3.11. The van der Waals surface area contributed by atoms with E-state index in [9.17, 15) is 4.79 Å². The van der Waals surface area contributed by atoms with Crippen LogP contribution in [0.2, 0.25) is 0 Å². The molecule has 0 aliphatic rings. The average Bonchev–Trinajstić information content (AvgIpc) is 3.05. The summed E-state index contributed by atoms with van der Waals surface area (Å²) in [7, 11) is 1.77. The van der Waals surface area contributed by atoms with Gasteiger partial charge in [-0.05, 0) is 31.2 Å². The van der Waals surface area contributed by atoms with E-state index >= 15 is 0 Å². The van der Waals surface area contributed by atoms with Gasteiger partial charge in [0, 0.05) is 7.05 Å². The van der Waals surface area contributed by atoms with E-state index in [2.05, 4.69) is 10.2 Å². The third kappa shape index (κ3) is 2.03. The van der Waals surface area contributed by atoms with E-state index in [0.717, 1.165) is 11.4 Å². The molecule has 0 bridgehead atoms. The Balaban J connectivity index is 2.06. The first-order valence-electron chi connectivity index (χ1n) is 6.31. The predicted octanol–water partition coefficient (Wildman–Crippen LogP) is 2.15. The molecule has 0 saturated heterocycles. The molecule has 20 heavy (non-hydrogen) atoms. The Bertz CT molecular complexity index is 755. The number of para-hydroxylation sites is 1. The highest BCUT2D eigenvalue weighted by Crippen LogP contribution is 2.14. The van der Waals surface area contributed by atoms with Crippen LogP contribution < -0.4 is 0 Å². The van der Waals surface area contributed by atoms with Gasteiger partial charge in [-0.1, -0.05) is 18.2 Å². The molecule has 2 heterocycles. The first-order chi connectivity index (χ1) is 9.66. The second-order valence-electron chi connectivity index (χ2n) is 4.59. The van der Waals surface area contributed by atoms with E-state index in [1.165, 1.54) is 0 Å². The van der Waals surface area contributed by atoms with Crippen LogP contribution in [0.15, 0.2) is 48.7 Å². The zero-order valence-electron chi connectivity index (χ0n) is 11.3. The van der Waals surface area contributed by atoms with Crippen LogP contribution in [0.1, 0.15) is 21.9 Å². The fourth-order valence-electron chi connectivity index (χ4n) is 2.20. The second-order valence-corrected chi connectivity index (χ2v) is 4.59. The molecule has 100 valence electrons. The van der Waals surface area contributed by atoms with Crippen molar-refractivity contribution in [2.24, 2.45) is 7.05 Å². The molecule has 0 N–H and O–H groups in total. The minimum absolute atomic E-state index is 0.0885. The first kappa shape index (κ1) is 12.3. The molecule has 0 spiro atoms. The SMILES string of the molecule is Cc1cc(C(=O)c2ccnn2-c2ccccc2)n(C)n1. The van der Waals surface area contributed by atoms with E-state index in [4.69, 9.17) is 0 Å². The second kappa shape index (κ2) is 4.77. The Hall–Kier alpha value is -2.69.